The van der Waals surface area contributed by atoms with Crippen molar-refractivity contribution in [2.75, 3.05) is 18.5 Å². The number of ether oxygens (including phenoxy) is 1. The Bertz CT molecular complexity index is 1310. The van der Waals surface area contributed by atoms with E-state index in [0.717, 1.165) is 17.8 Å². The molecule has 4 rings (SSSR count). The first-order chi connectivity index (χ1) is 16.8. The number of anilines is 1. The molecule has 0 atom stereocenters. The number of hydrogen-bond donors (Lipinski definition) is 1. The third-order valence-corrected chi connectivity index (χ3v) is 5.83. The predicted octanol–water partition coefficient (Wildman–Crippen LogP) is 3.68. The van der Waals surface area contributed by atoms with Crippen LogP contribution in [0.15, 0.2) is 48.5 Å². The molecule has 1 aliphatic rings. The van der Waals surface area contributed by atoms with Crippen LogP contribution in [0.3, 0.4) is 0 Å². The number of carbonyl (C=O) groups excluding carboxylic acids is 4. The lowest BCUT2D eigenvalue weighted by atomic mass is 10.1. The predicted molar refractivity (Wildman–Crippen MR) is 129 cm³/mol. The van der Waals surface area contributed by atoms with E-state index in [-0.39, 0.29) is 22.6 Å². The number of aromatic nitrogens is 2. The largest absolute Gasteiger partial charge is 0.452 e. The zero-order valence-electron chi connectivity index (χ0n) is 19.8. The summed E-state index contributed by atoms with van der Waals surface area (Å²) in [7, 11) is 0. The zero-order valence-corrected chi connectivity index (χ0v) is 19.8. The quantitative estimate of drug-likeness (QED) is 0.394. The van der Waals surface area contributed by atoms with Gasteiger partial charge >= 0.3 is 5.97 Å². The average molecular weight is 475 g/mol. The second kappa shape index (κ2) is 9.92. The summed E-state index contributed by atoms with van der Waals surface area (Å²) in [6.07, 6.45) is 1.55. The van der Waals surface area contributed by atoms with Crippen molar-refractivity contribution in [3.63, 3.8) is 0 Å². The van der Waals surface area contributed by atoms with Crippen molar-refractivity contribution in [3.8, 4) is 5.69 Å². The number of aryl methyl sites for hydroxylation is 1. The summed E-state index contributed by atoms with van der Waals surface area (Å²) in [4.78, 5) is 51.3. The minimum atomic E-state index is -0.761. The SMILES string of the molecule is CCCCN1C(=O)c2ccc(C(=O)OCC(=O)Nc3c(C)nn(-c4ccccc4)c3C)cc2C1=O. The Morgan fingerprint density at radius 2 is 1.71 bits per heavy atom. The topological polar surface area (TPSA) is 111 Å². The van der Waals surface area contributed by atoms with Gasteiger partial charge in [0.25, 0.3) is 17.7 Å². The van der Waals surface area contributed by atoms with Gasteiger partial charge in [0.2, 0.25) is 0 Å². The van der Waals surface area contributed by atoms with Crippen LogP contribution in [0, 0.1) is 13.8 Å². The van der Waals surface area contributed by atoms with Crippen LogP contribution in [-0.4, -0.2) is 51.5 Å². The standard InChI is InChI=1S/C26H26N4O5/c1-4-5-13-29-24(32)20-12-11-18(14-21(20)25(29)33)26(34)35-15-22(31)27-23-16(2)28-30(17(23)3)19-9-7-6-8-10-19/h6-12,14H,4-5,13,15H2,1-3H3,(H,27,31). The first kappa shape index (κ1) is 23.9. The Balaban J connectivity index is 1.40. The third-order valence-electron chi connectivity index (χ3n) is 5.83. The van der Waals surface area contributed by atoms with Crippen LogP contribution in [0.4, 0.5) is 5.69 Å². The van der Waals surface area contributed by atoms with Gasteiger partial charge in [-0.1, -0.05) is 31.5 Å². The van der Waals surface area contributed by atoms with Crippen LogP contribution in [0.1, 0.15) is 62.2 Å². The fraction of sp³-hybridized carbons (Fsp3) is 0.269. The normalized spacial score (nSPS) is 12.6. The zero-order chi connectivity index (χ0) is 25.1. The number of benzene rings is 2. The van der Waals surface area contributed by atoms with Gasteiger partial charge in [0, 0.05) is 6.54 Å². The van der Waals surface area contributed by atoms with Crippen LogP contribution in [-0.2, 0) is 9.53 Å². The molecular weight excluding hydrogens is 448 g/mol. The fourth-order valence-corrected chi connectivity index (χ4v) is 3.97. The van der Waals surface area contributed by atoms with E-state index in [1.54, 1.807) is 11.6 Å². The van der Waals surface area contributed by atoms with Gasteiger partial charge in [0.05, 0.1) is 39.5 Å². The van der Waals surface area contributed by atoms with E-state index in [0.29, 0.717) is 24.3 Å². The average Bonchev–Trinajstić information content (AvgIpc) is 3.28. The van der Waals surface area contributed by atoms with E-state index in [9.17, 15) is 19.2 Å². The molecule has 35 heavy (non-hydrogen) atoms. The molecule has 0 fully saturated rings. The minimum absolute atomic E-state index is 0.0966. The summed E-state index contributed by atoms with van der Waals surface area (Å²) in [5, 5.41) is 7.23. The van der Waals surface area contributed by atoms with Gasteiger partial charge in [-0.3, -0.25) is 19.3 Å². The Morgan fingerprint density at radius 1 is 1.00 bits per heavy atom. The molecule has 3 amide bonds. The molecule has 180 valence electrons. The van der Waals surface area contributed by atoms with Gasteiger partial charge in [-0.2, -0.15) is 5.10 Å². The Morgan fingerprint density at radius 3 is 2.43 bits per heavy atom. The number of nitrogens with zero attached hydrogens (tertiary/aromatic N) is 3. The van der Waals surface area contributed by atoms with Crippen LogP contribution in [0.2, 0.25) is 0 Å². The molecule has 3 aromatic rings. The lowest BCUT2D eigenvalue weighted by Crippen LogP contribution is -2.30. The molecule has 1 aliphatic heterocycles. The maximum absolute atomic E-state index is 12.6. The smallest absolute Gasteiger partial charge is 0.338 e. The number of amides is 3. The number of hydrogen-bond acceptors (Lipinski definition) is 6. The van der Waals surface area contributed by atoms with Crippen LogP contribution < -0.4 is 5.32 Å². The summed E-state index contributed by atoms with van der Waals surface area (Å²) in [5.41, 5.74) is 3.30. The molecular formula is C26H26N4O5. The summed E-state index contributed by atoms with van der Waals surface area (Å²) in [6.45, 7) is 5.41. The second-order valence-electron chi connectivity index (χ2n) is 8.29. The molecule has 0 unspecified atom stereocenters. The molecule has 9 nitrogen and oxygen atoms in total. The second-order valence-corrected chi connectivity index (χ2v) is 8.29. The molecule has 0 saturated heterocycles. The highest BCUT2D eigenvalue weighted by atomic mass is 16.5. The van der Waals surface area contributed by atoms with E-state index in [4.69, 9.17) is 4.74 Å². The number of para-hydroxylation sites is 1. The number of fused-ring (bicyclic) bond motifs is 1. The van der Waals surface area contributed by atoms with Crippen molar-refractivity contribution < 1.29 is 23.9 Å². The number of imide groups is 1. The molecule has 0 radical (unpaired) electrons. The highest BCUT2D eigenvalue weighted by molar-refractivity contribution is 6.22. The van der Waals surface area contributed by atoms with Crippen molar-refractivity contribution in [2.24, 2.45) is 0 Å². The van der Waals surface area contributed by atoms with Gasteiger partial charge in [-0.25, -0.2) is 9.48 Å². The van der Waals surface area contributed by atoms with E-state index in [2.05, 4.69) is 10.4 Å². The molecule has 2 heterocycles. The number of rotatable bonds is 8. The molecule has 1 N–H and O–H groups in total. The van der Waals surface area contributed by atoms with Gasteiger partial charge in [0.1, 0.15) is 0 Å². The van der Waals surface area contributed by atoms with E-state index in [1.807, 2.05) is 44.2 Å². The van der Waals surface area contributed by atoms with Crippen molar-refractivity contribution in [3.05, 3.63) is 76.6 Å². The van der Waals surface area contributed by atoms with E-state index < -0.39 is 24.4 Å². The van der Waals surface area contributed by atoms with Crippen LogP contribution in [0.5, 0.6) is 0 Å². The first-order valence-corrected chi connectivity index (χ1v) is 11.4. The highest BCUT2D eigenvalue weighted by Gasteiger charge is 2.35. The maximum Gasteiger partial charge on any atom is 0.338 e. The van der Waals surface area contributed by atoms with Crippen molar-refractivity contribution in [1.82, 2.24) is 14.7 Å². The summed E-state index contributed by atoms with van der Waals surface area (Å²) in [6, 6.07) is 13.7. The highest BCUT2D eigenvalue weighted by Crippen LogP contribution is 2.25. The lowest BCUT2D eigenvalue weighted by molar-refractivity contribution is -0.119. The molecule has 0 saturated carbocycles. The fourth-order valence-electron chi connectivity index (χ4n) is 3.97. The van der Waals surface area contributed by atoms with Gasteiger partial charge in [0.15, 0.2) is 6.61 Å². The molecule has 0 bridgehead atoms. The molecule has 9 heteroatoms. The number of esters is 1. The first-order valence-electron chi connectivity index (χ1n) is 11.4. The van der Waals surface area contributed by atoms with Crippen LogP contribution in [0.25, 0.3) is 5.69 Å². The van der Waals surface area contributed by atoms with Gasteiger partial charge in [-0.05, 0) is 50.6 Å². The summed E-state index contributed by atoms with van der Waals surface area (Å²) in [5.74, 6) is -2.06. The molecule has 2 aromatic carbocycles. The Hall–Kier alpha value is -4.27. The van der Waals surface area contributed by atoms with Crippen molar-refractivity contribution in [1.29, 1.82) is 0 Å². The Labute approximate surface area is 202 Å². The van der Waals surface area contributed by atoms with Gasteiger partial charge < -0.3 is 10.1 Å². The van der Waals surface area contributed by atoms with E-state index >= 15 is 0 Å². The maximum atomic E-state index is 12.6. The lowest BCUT2D eigenvalue weighted by Gasteiger charge is -2.12. The molecule has 0 aliphatic carbocycles. The number of unbranched alkanes of at least 4 members (excludes halogenated alkanes) is 1. The number of carbonyl (C=O) groups is 4. The monoisotopic (exact) mass is 474 g/mol. The molecule has 1 aromatic heterocycles. The molecule has 0 spiro atoms. The summed E-state index contributed by atoms with van der Waals surface area (Å²) < 4.78 is 6.88. The summed E-state index contributed by atoms with van der Waals surface area (Å²) >= 11 is 0. The van der Waals surface area contributed by atoms with Crippen LogP contribution >= 0.6 is 0 Å². The van der Waals surface area contributed by atoms with E-state index in [1.165, 1.54) is 23.1 Å². The van der Waals surface area contributed by atoms with Crippen molar-refractivity contribution >= 4 is 29.4 Å². The minimum Gasteiger partial charge on any atom is -0.452 e. The van der Waals surface area contributed by atoms with Crippen molar-refractivity contribution in [2.45, 2.75) is 33.6 Å². The van der Waals surface area contributed by atoms with Gasteiger partial charge in [-0.15, -0.1) is 0 Å². The Kier molecular flexibility index (Phi) is 6.77. The number of nitrogens with one attached hydrogen (secondary N) is 1. The third kappa shape index (κ3) is 4.70.